The highest BCUT2D eigenvalue weighted by atomic mass is 19.1. The standard InChI is InChI=1S/C9H11FN2O2/c1-14-9(13)8(11)4-6-2-3-12-5-7(6)10/h2-3,5,8H,4,11H2,1H3/t8-/m1/s1. The van der Waals surface area contributed by atoms with E-state index in [0.717, 1.165) is 6.20 Å². The van der Waals surface area contributed by atoms with E-state index in [9.17, 15) is 9.18 Å². The third-order valence-electron chi connectivity index (χ3n) is 1.80. The highest BCUT2D eigenvalue weighted by Crippen LogP contribution is 2.07. The molecule has 4 nitrogen and oxygen atoms in total. The van der Waals surface area contributed by atoms with Crippen molar-refractivity contribution >= 4 is 5.97 Å². The van der Waals surface area contributed by atoms with Crippen LogP contribution >= 0.6 is 0 Å². The lowest BCUT2D eigenvalue weighted by molar-refractivity contribution is -0.142. The highest BCUT2D eigenvalue weighted by molar-refractivity contribution is 5.75. The molecule has 0 aliphatic carbocycles. The molecule has 1 aromatic heterocycles. The van der Waals surface area contributed by atoms with E-state index >= 15 is 0 Å². The molecule has 0 amide bonds. The first-order chi connectivity index (χ1) is 6.65. The van der Waals surface area contributed by atoms with Crippen LogP contribution in [0.15, 0.2) is 18.5 Å². The number of esters is 1. The molecule has 76 valence electrons. The summed E-state index contributed by atoms with van der Waals surface area (Å²) in [5, 5.41) is 0. The van der Waals surface area contributed by atoms with Gasteiger partial charge in [0, 0.05) is 12.6 Å². The molecular formula is C9H11FN2O2. The number of aromatic nitrogens is 1. The van der Waals surface area contributed by atoms with Gasteiger partial charge in [-0.25, -0.2) is 4.39 Å². The van der Waals surface area contributed by atoms with Crippen molar-refractivity contribution in [2.45, 2.75) is 12.5 Å². The average Bonchev–Trinajstić information content (AvgIpc) is 2.20. The predicted octanol–water partition coefficient (Wildman–Crippen LogP) is 0.263. The second-order valence-electron chi connectivity index (χ2n) is 2.80. The van der Waals surface area contributed by atoms with Gasteiger partial charge in [-0.1, -0.05) is 0 Å². The van der Waals surface area contributed by atoms with Crippen LogP contribution in [0.1, 0.15) is 5.56 Å². The minimum atomic E-state index is -0.836. The number of halogens is 1. The molecule has 14 heavy (non-hydrogen) atoms. The number of nitrogens with zero attached hydrogens (tertiary/aromatic N) is 1. The summed E-state index contributed by atoms with van der Waals surface area (Å²) in [6.45, 7) is 0. The Labute approximate surface area is 80.9 Å². The Kier molecular flexibility index (Phi) is 3.53. The van der Waals surface area contributed by atoms with Crippen molar-refractivity contribution < 1.29 is 13.9 Å². The van der Waals surface area contributed by atoms with Crippen LogP contribution in [0.5, 0.6) is 0 Å². The van der Waals surface area contributed by atoms with Crippen molar-refractivity contribution in [1.82, 2.24) is 4.98 Å². The van der Waals surface area contributed by atoms with Gasteiger partial charge in [0.25, 0.3) is 0 Å². The molecule has 0 aliphatic heterocycles. The average molecular weight is 198 g/mol. The number of pyridine rings is 1. The van der Waals surface area contributed by atoms with E-state index in [0.29, 0.717) is 5.56 Å². The summed E-state index contributed by atoms with van der Waals surface area (Å²) in [6, 6.07) is 0.648. The van der Waals surface area contributed by atoms with Crippen molar-refractivity contribution in [3.63, 3.8) is 0 Å². The van der Waals surface area contributed by atoms with E-state index in [2.05, 4.69) is 9.72 Å². The molecule has 0 fully saturated rings. The molecule has 5 heteroatoms. The minimum absolute atomic E-state index is 0.112. The number of carbonyl (C=O) groups excluding carboxylic acids is 1. The second-order valence-corrected chi connectivity index (χ2v) is 2.80. The van der Waals surface area contributed by atoms with Gasteiger partial charge in [0.15, 0.2) is 0 Å². The third-order valence-corrected chi connectivity index (χ3v) is 1.80. The van der Waals surface area contributed by atoms with Crippen LogP contribution in [-0.4, -0.2) is 24.1 Å². The van der Waals surface area contributed by atoms with Crippen molar-refractivity contribution in [1.29, 1.82) is 0 Å². The van der Waals surface area contributed by atoms with E-state index in [4.69, 9.17) is 5.73 Å². The van der Waals surface area contributed by atoms with Crippen LogP contribution in [0.25, 0.3) is 0 Å². The molecule has 0 aliphatic rings. The van der Waals surface area contributed by atoms with E-state index in [1.165, 1.54) is 19.4 Å². The van der Waals surface area contributed by atoms with Crippen LogP contribution in [-0.2, 0) is 16.0 Å². The van der Waals surface area contributed by atoms with Crippen LogP contribution in [0.2, 0.25) is 0 Å². The number of hydrogen-bond acceptors (Lipinski definition) is 4. The first kappa shape index (κ1) is 10.6. The number of hydrogen-bond donors (Lipinski definition) is 1. The van der Waals surface area contributed by atoms with Crippen molar-refractivity contribution in [3.05, 3.63) is 29.8 Å². The van der Waals surface area contributed by atoms with Crippen LogP contribution in [0, 0.1) is 5.82 Å². The van der Waals surface area contributed by atoms with Crippen LogP contribution in [0.4, 0.5) is 4.39 Å². The summed E-state index contributed by atoms with van der Waals surface area (Å²) in [7, 11) is 1.24. The van der Waals surface area contributed by atoms with E-state index in [1.807, 2.05) is 0 Å². The quantitative estimate of drug-likeness (QED) is 0.708. The zero-order valence-electron chi connectivity index (χ0n) is 7.74. The van der Waals surface area contributed by atoms with E-state index < -0.39 is 17.8 Å². The maximum Gasteiger partial charge on any atom is 0.322 e. The molecule has 1 atom stereocenters. The Balaban J connectivity index is 2.69. The number of rotatable bonds is 3. The predicted molar refractivity (Wildman–Crippen MR) is 47.9 cm³/mol. The van der Waals surface area contributed by atoms with Gasteiger partial charge in [0.05, 0.1) is 13.3 Å². The lowest BCUT2D eigenvalue weighted by Gasteiger charge is -2.08. The topological polar surface area (TPSA) is 65.2 Å². The molecule has 1 aromatic rings. The fourth-order valence-corrected chi connectivity index (χ4v) is 1.04. The summed E-state index contributed by atoms with van der Waals surface area (Å²) in [4.78, 5) is 14.5. The molecular weight excluding hydrogens is 187 g/mol. The van der Waals surface area contributed by atoms with Crippen molar-refractivity contribution in [2.75, 3.05) is 7.11 Å². The van der Waals surface area contributed by atoms with E-state index in [1.54, 1.807) is 0 Å². The van der Waals surface area contributed by atoms with Crippen molar-refractivity contribution in [3.8, 4) is 0 Å². The summed E-state index contributed by atoms with van der Waals surface area (Å²) in [6.07, 6.45) is 2.64. The summed E-state index contributed by atoms with van der Waals surface area (Å²) in [5.74, 6) is -1.02. The van der Waals surface area contributed by atoms with E-state index in [-0.39, 0.29) is 6.42 Å². The van der Waals surface area contributed by atoms with Gasteiger partial charge in [0.2, 0.25) is 0 Å². The van der Waals surface area contributed by atoms with Gasteiger partial charge in [-0.2, -0.15) is 0 Å². The van der Waals surface area contributed by atoms with Gasteiger partial charge in [-0.3, -0.25) is 9.78 Å². The maximum absolute atomic E-state index is 13.0. The van der Waals surface area contributed by atoms with Gasteiger partial charge in [0.1, 0.15) is 11.9 Å². The highest BCUT2D eigenvalue weighted by Gasteiger charge is 2.15. The smallest absolute Gasteiger partial charge is 0.322 e. The van der Waals surface area contributed by atoms with Gasteiger partial charge in [-0.15, -0.1) is 0 Å². The van der Waals surface area contributed by atoms with Crippen LogP contribution in [0.3, 0.4) is 0 Å². The molecule has 0 spiro atoms. The Morgan fingerprint density at radius 1 is 1.79 bits per heavy atom. The fraction of sp³-hybridized carbons (Fsp3) is 0.333. The Hall–Kier alpha value is -1.49. The summed E-state index contributed by atoms with van der Waals surface area (Å²) < 4.78 is 17.5. The molecule has 1 heterocycles. The molecule has 1 rings (SSSR count). The number of carbonyl (C=O) groups is 1. The molecule has 0 saturated carbocycles. The molecule has 0 saturated heterocycles. The molecule has 0 bridgehead atoms. The third kappa shape index (κ3) is 2.50. The summed E-state index contributed by atoms with van der Waals surface area (Å²) in [5.41, 5.74) is 5.83. The monoisotopic (exact) mass is 198 g/mol. The minimum Gasteiger partial charge on any atom is -0.468 e. The normalized spacial score (nSPS) is 12.2. The van der Waals surface area contributed by atoms with Crippen molar-refractivity contribution in [2.24, 2.45) is 5.73 Å². The maximum atomic E-state index is 13.0. The first-order valence-electron chi connectivity index (χ1n) is 4.07. The zero-order chi connectivity index (χ0) is 10.6. The van der Waals surface area contributed by atoms with Gasteiger partial charge >= 0.3 is 5.97 Å². The largest absolute Gasteiger partial charge is 0.468 e. The Bertz CT molecular complexity index is 330. The zero-order valence-corrected chi connectivity index (χ0v) is 7.74. The van der Waals surface area contributed by atoms with Gasteiger partial charge < -0.3 is 10.5 Å². The summed E-state index contributed by atoms with van der Waals surface area (Å²) >= 11 is 0. The lowest BCUT2D eigenvalue weighted by atomic mass is 10.1. The number of methoxy groups -OCH3 is 1. The molecule has 2 N–H and O–H groups in total. The Morgan fingerprint density at radius 3 is 3.07 bits per heavy atom. The fourth-order valence-electron chi connectivity index (χ4n) is 1.04. The lowest BCUT2D eigenvalue weighted by Crippen LogP contribution is -2.33. The second kappa shape index (κ2) is 4.66. The van der Waals surface area contributed by atoms with Crippen LogP contribution < -0.4 is 5.73 Å². The first-order valence-corrected chi connectivity index (χ1v) is 4.07. The SMILES string of the molecule is COC(=O)[C@H](N)Cc1ccncc1F. The Morgan fingerprint density at radius 2 is 2.50 bits per heavy atom. The molecule has 0 aromatic carbocycles. The van der Waals surface area contributed by atoms with Gasteiger partial charge in [-0.05, 0) is 11.6 Å². The molecule has 0 unspecified atom stereocenters. The number of ether oxygens (including phenoxy) is 1. The number of nitrogens with two attached hydrogens (primary N) is 1. The molecule has 0 radical (unpaired) electrons.